The van der Waals surface area contributed by atoms with Gasteiger partial charge < -0.3 is 5.11 Å². The number of carboxylic acids is 1. The molecule has 1 unspecified atom stereocenters. The summed E-state index contributed by atoms with van der Waals surface area (Å²) in [6.45, 7) is 0. The summed E-state index contributed by atoms with van der Waals surface area (Å²) in [5.74, 6) is -1.04. The van der Waals surface area contributed by atoms with E-state index in [0.29, 0.717) is 16.8 Å². The van der Waals surface area contributed by atoms with Gasteiger partial charge in [0.25, 0.3) is 0 Å². The van der Waals surface area contributed by atoms with E-state index in [1.54, 1.807) is 60.7 Å². The Balaban J connectivity index is 1.92. The van der Waals surface area contributed by atoms with Crippen LogP contribution in [0.1, 0.15) is 22.5 Å². The zero-order valence-electron chi connectivity index (χ0n) is 17.2. The van der Waals surface area contributed by atoms with Gasteiger partial charge in [0, 0.05) is 12.5 Å². The van der Waals surface area contributed by atoms with Gasteiger partial charge in [0.15, 0.2) is 15.5 Å². The van der Waals surface area contributed by atoms with Crippen molar-refractivity contribution in [2.24, 2.45) is 0 Å². The molecule has 1 aliphatic carbocycles. The minimum Gasteiger partial charge on any atom is -0.476 e. The lowest BCUT2D eigenvalue weighted by Crippen LogP contribution is -2.33. The van der Waals surface area contributed by atoms with Crippen LogP contribution in [0.15, 0.2) is 66.9 Å². The van der Waals surface area contributed by atoms with Gasteiger partial charge >= 0.3 is 5.97 Å². The first-order valence-corrected chi connectivity index (χ1v) is 12.7. The molecule has 2 aromatic carbocycles. The van der Waals surface area contributed by atoms with Crippen molar-refractivity contribution in [3.05, 3.63) is 93.2 Å². The normalized spacial score (nSPS) is 17.9. The van der Waals surface area contributed by atoms with Crippen molar-refractivity contribution in [1.29, 1.82) is 0 Å². The fraction of sp³-hybridized carbons (Fsp3) is 0.130. The topological polar surface area (TPSA) is 89.3 Å². The number of halogens is 3. The highest BCUT2D eigenvalue weighted by atomic mass is 35.5. The number of nitrogens with zero attached hydrogens (tertiary/aromatic N) is 2. The quantitative estimate of drug-likeness (QED) is 0.446. The first kappa shape index (κ1) is 23.6. The lowest BCUT2D eigenvalue weighted by molar-refractivity contribution is 0.0691. The van der Waals surface area contributed by atoms with Crippen LogP contribution < -0.4 is 0 Å². The molecule has 6 nitrogen and oxygen atoms in total. The molecular weight excluding hydrogens is 507 g/mol. The summed E-state index contributed by atoms with van der Waals surface area (Å²) >= 11 is 19.3. The highest BCUT2D eigenvalue weighted by Gasteiger charge is 2.40. The number of hydrogen-bond donors (Lipinski definition) is 1. The maximum atomic E-state index is 12.7. The van der Waals surface area contributed by atoms with Crippen molar-refractivity contribution in [3.63, 3.8) is 0 Å². The minimum absolute atomic E-state index is 0.191. The smallest absolute Gasteiger partial charge is 0.356 e. The summed E-state index contributed by atoms with van der Waals surface area (Å²) in [7, 11) is -3.53. The molecule has 0 saturated heterocycles. The molecule has 10 heteroatoms. The Morgan fingerprint density at radius 2 is 1.79 bits per heavy atom. The van der Waals surface area contributed by atoms with E-state index in [1.165, 1.54) is 17.0 Å². The lowest BCUT2D eigenvalue weighted by Gasteiger charge is -2.30. The van der Waals surface area contributed by atoms with Crippen molar-refractivity contribution in [3.8, 4) is 17.1 Å². The van der Waals surface area contributed by atoms with Crippen LogP contribution in [0.3, 0.4) is 0 Å². The summed E-state index contributed by atoms with van der Waals surface area (Å²) in [5.41, 5.74) is 1.01. The fourth-order valence-corrected chi connectivity index (χ4v) is 5.94. The van der Waals surface area contributed by atoms with Crippen molar-refractivity contribution in [1.82, 2.24) is 9.55 Å². The summed E-state index contributed by atoms with van der Waals surface area (Å²) < 4.78 is 25.7. The van der Waals surface area contributed by atoms with Crippen LogP contribution >= 0.6 is 34.8 Å². The predicted octanol–water partition coefficient (Wildman–Crippen LogP) is 5.95. The number of sulfone groups is 1. The Morgan fingerprint density at radius 3 is 2.33 bits per heavy atom. The molecular formula is C23H17Cl3N2O4S. The van der Waals surface area contributed by atoms with Crippen LogP contribution in [0.2, 0.25) is 15.1 Å². The van der Waals surface area contributed by atoms with E-state index < -0.39 is 20.6 Å². The minimum atomic E-state index is -3.53. The molecule has 0 aliphatic heterocycles. The van der Waals surface area contributed by atoms with Crippen molar-refractivity contribution < 1.29 is 18.3 Å². The molecule has 0 spiro atoms. The highest BCUT2D eigenvalue weighted by molar-refractivity contribution is 7.91. The molecule has 1 aromatic heterocycles. The number of rotatable bonds is 5. The third kappa shape index (κ3) is 4.10. The van der Waals surface area contributed by atoms with Gasteiger partial charge in [-0.15, -0.1) is 0 Å². The van der Waals surface area contributed by atoms with Gasteiger partial charge in [-0.1, -0.05) is 71.2 Å². The monoisotopic (exact) mass is 522 g/mol. The van der Waals surface area contributed by atoms with Crippen LogP contribution in [0.25, 0.3) is 17.1 Å². The molecule has 4 rings (SSSR count). The first-order chi connectivity index (χ1) is 15.5. The fourth-order valence-electron chi connectivity index (χ4n) is 3.82. The predicted molar refractivity (Wildman–Crippen MR) is 130 cm³/mol. The molecule has 1 aliphatic rings. The number of imidazole rings is 1. The molecule has 0 radical (unpaired) electrons. The van der Waals surface area contributed by atoms with Gasteiger partial charge in [-0.2, -0.15) is 0 Å². The van der Waals surface area contributed by atoms with Crippen LogP contribution in [0.5, 0.6) is 0 Å². The lowest BCUT2D eigenvalue weighted by atomic mass is 9.91. The number of aromatic nitrogens is 2. The van der Waals surface area contributed by atoms with Gasteiger partial charge in [0.2, 0.25) is 0 Å². The van der Waals surface area contributed by atoms with Crippen LogP contribution in [0, 0.1) is 0 Å². The molecule has 0 fully saturated rings. The Hall–Kier alpha value is -2.58. The van der Waals surface area contributed by atoms with Gasteiger partial charge in [-0.25, -0.2) is 18.2 Å². The molecule has 33 heavy (non-hydrogen) atoms. The number of carboxylic acid groups (broad SMARTS) is 1. The molecule has 0 saturated carbocycles. The zero-order chi connectivity index (χ0) is 24.0. The van der Waals surface area contributed by atoms with Gasteiger partial charge in [-0.05, 0) is 36.2 Å². The summed E-state index contributed by atoms with van der Waals surface area (Å²) in [6.07, 6.45) is 9.68. The zero-order valence-corrected chi connectivity index (χ0v) is 20.3. The Bertz CT molecular complexity index is 1420. The largest absolute Gasteiger partial charge is 0.476 e. The van der Waals surface area contributed by atoms with Gasteiger partial charge in [-0.3, -0.25) is 4.57 Å². The SMILES string of the molecule is CS(=O)(=O)C1(c2ccc(-n3cc(C(=O)O)nc3-c3c(Cl)cccc3Cl)c(Cl)c2)C=CC=CC1. The van der Waals surface area contributed by atoms with Crippen LogP contribution in [-0.4, -0.2) is 35.3 Å². The number of aromatic carboxylic acids is 1. The Labute approximate surface area is 205 Å². The summed E-state index contributed by atoms with van der Waals surface area (Å²) in [5, 5.41) is 10.3. The van der Waals surface area contributed by atoms with E-state index in [2.05, 4.69) is 4.98 Å². The second kappa shape index (κ2) is 8.65. The first-order valence-electron chi connectivity index (χ1n) is 9.66. The average molecular weight is 524 g/mol. The van der Waals surface area contributed by atoms with Crippen molar-refractivity contribution in [2.75, 3.05) is 6.26 Å². The average Bonchev–Trinajstić information content (AvgIpc) is 3.18. The molecule has 0 amide bonds. The molecule has 3 aromatic rings. The van der Waals surface area contributed by atoms with Crippen molar-refractivity contribution in [2.45, 2.75) is 11.2 Å². The van der Waals surface area contributed by atoms with E-state index >= 15 is 0 Å². The van der Waals surface area contributed by atoms with Crippen LogP contribution in [0.4, 0.5) is 0 Å². The second-order valence-electron chi connectivity index (χ2n) is 7.54. The summed E-state index contributed by atoms with van der Waals surface area (Å²) in [4.78, 5) is 15.8. The van der Waals surface area contributed by atoms with Gasteiger partial charge in [0.05, 0.1) is 26.3 Å². The van der Waals surface area contributed by atoms with Crippen molar-refractivity contribution >= 4 is 50.6 Å². The van der Waals surface area contributed by atoms with E-state index in [1.807, 2.05) is 0 Å². The third-order valence-electron chi connectivity index (χ3n) is 5.50. The molecule has 1 atom stereocenters. The number of allylic oxidation sites excluding steroid dienone is 3. The Morgan fingerprint density at radius 1 is 1.09 bits per heavy atom. The molecule has 1 heterocycles. The maximum Gasteiger partial charge on any atom is 0.356 e. The second-order valence-corrected chi connectivity index (χ2v) is 11.0. The van der Waals surface area contributed by atoms with Gasteiger partial charge in [0.1, 0.15) is 10.6 Å². The van der Waals surface area contributed by atoms with E-state index in [4.69, 9.17) is 34.8 Å². The number of benzene rings is 2. The van der Waals surface area contributed by atoms with E-state index in [0.717, 1.165) is 0 Å². The maximum absolute atomic E-state index is 12.7. The molecule has 1 N–H and O–H groups in total. The Kier molecular flexibility index (Phi) is 6.18. The standard InChI is InChI=1S/C23H17Cl3N2O4S/c1-33(31,32)23(10-3-2-4-11-23)14-8-9-19(17(26)12-14)28-13-18(22(29)30)27-21(28)20-15(24)6-5-7-16(20)25/h2-10,12-13H,11H2,1H3,(H,29,30). The number of carbonyl (C=O) groups is 1. The summed E-state index contributed by atoms with van der Waals surface area (Å²) in [6, 6.07) is 9.75. The highest BCUT2D eigenvalue weighted by Crippen LogP contribution is 2.41. The van der Waals surface area contributed by atoms with E-state index in [9.17, 15) is 18.3 Å². The van der Waals surface area contributed by atoms with E-state index in [-0.39, 0.29) is 33.0 Å². The van der Waals surface area contributed by atoms with Crippen LogP contribution in [-0.2, 0) is 14.6 Å². The number of hydrogen-bond acceptors (Lipinski definition) is 4. The molecule has 0 bridgehead atoms. The molecule has 170 valence electrons. The third-order valence-corrected chi connectivity index (χ3v) is 8.30.